The van der Waals surface area contributed by atoms with E-state index in [0.717, 1.165) is 35.4 Å². The first kappa shape index (κ1) is 19.1. The molecule has 1 atom stereocenters. The Kier molecular flexibility index (Phi) is 7.53. The van der Waals surface area contributed by atoms with Gasteiger partial charge in [-0.2, -0.15) is 0 Å². The van der Waals surface area contributed by atoms with Crippen LogP contribution in [-0.2, 0) is 6.42 Å². The molecule has 2 aromatic rings. The Morgan fingerprint density at radius 1 is 1.24 bits per heavy atom. The van der Waals surface area contributed by atoms with E-state index in [1.54, 1.807) is 25.5 Å². The minimum Gasteiger partial charge on any atom is -0.497 e. The maximum absolute atomic E-state index is 5.88. The standard InChI is InChI=1S/C18H26N4O2S/c1-13(24-16-7-5-15(23-4)6-8-16)11-22-18(19-3)20-10-9-17-21-12-14(2)25-17/h5-8,12-13H,9-11H2,1-4H3,(H2,19,20,22). The molecule has 0 bridgehead atoms. The quantitative estimate of drug-likeness (QED) is 0.558. The topological polar surface area (TPSA) is 67.8 Å². The number of aryl methyl sites for hydroxylation is 1. The summed E-state index contributed by atoms with van der Waals surface area (Å²) in [6, 6.07) is 7.57. The summed E-state index contributed by atoms with van der Waals surface area (Å²) in [5.41, 5.74) is 0. The number of methoxy groups -OCH3 is 1. The number of hydrogen-bond acceptors (Lipinski definition) is 5. The number of hydrogen-bond donors (Lipinski definition) is 2. The first-order valence-electron chi connectivity index (χ1n) is 8.27. The van der Waals surface area contributed by atoms with Gasteiger partial charge in [0.15, 0.2) is 5.96 Å². The van der Waals surface area contributed by atoms with Crippen molar-refractivity contribution in [3.05, 3.63) is 40.3 Å². The number of thiazole rings is 1. The fourth-order valence-electron chi connectivity index (χ4n) is 2.19. The molecule has 0 saturated heterocycles. The van der Waals surface area contributed by atoms with Crippen LogP contribution in [0.4, 0.5) is 0 Å². The van der Waals surface area contributed by atoms with Crippen molar-refractivity contribution in [2.24, 2.45) is 4.99 Å². The second-order valence-corrected chi connectivity index (χ2v) is 6.92. The Labute approximate surface area is 153 Å². The Bertz CT molecular complexity index is 670. The second kappa shape index (κ2) is 9.88. The predicted octanol–water partition coefficient (Wildman–Crippen LogP) is 2.64. The van der Waals surface area contributed by atoms with Crippen molar-refractivity contribution in [2.75, 3.05) is 27.2 Å². The molecule has 0 aliphatic heterocycles. The van der Waals surface area contributed by atoms with Crippen molar-refractivity contribution in [3.63, 3.8) is 0 Å². The lowest BCUT2D eigenvalue weighted by molar-refractivity contribution is 0.223. The number of benzene rings is 1. The van der Waals surface area contributed by atoms with Gasteiger partial charge < -0.3 is 20.1 Å². The molecule has 0 radical (unpaired) electrons. The summed E-state index contributed by atoms with van der Waals surface area (Å²) in [6.45, 7) is 5.53. The highest BCUT2D eigenvalue weighted by atomic mass is 32.1. The molecule has 1 heterocycles. The van der Waals surface area contributed by atoms with Crippen molar-refractivity contribution in [3.8, 4) is 11.5 Å². The second-order valence-electron chi connectivity index (χ2n) is 5.60. The van der Waals surface area contributed by atoms with Crippen LogP contribution in [0.2, 0.25) is 0 Å². The highest BCUT2D eigenvalue weighted by Crippen LogP contribution is 2.18. The number of ether oxygens (including phenoxy) is 2. The summed E-state index contributed by atoms with van der Waals surface area (Å²) in [4.78, 5) is 9.83. The monoisotopic (exact) mass is 362 g/mol. The van der Waals surface area contributed by atoms with Crippen molar-refractivity contribution in [2.45, 2.75) is 26.4 Å². The van der Waals surface area contributed by atoms with E-state index in [0.29, 0.717) is 6.54 Å². The lowest BCUT2D eigenvalue weighted by atomic mass is 10.3. The van der Waals surface area contributed by atoms with Crippen LogP contribution in [0.15, 0.2) is 35.5 Å². The van der Waals surface area contributed by atoms with E-state index in [9.17, 15) is 0 Å². The number of aliphatic imine (C=N–C) groups is 1. The Morgan fingerprint density at radius 2 is 1.96 bits per heavy atom. The summed E-state index contributed by atoms with van der Waals surface area (Å²) in [5.74, 6) is 2.40. The van der Waals surface area contributed by atoms with E-state index < -0.39 is 0 Å². The molecule has 0 spiro atoms. The van der Waals surface area contributed by atoms with Gasteiger partial charge in [-0.1, -0.05) is 0 Å². The van der Waals surface area contributed by atoms with Crippen LogP contribution in [0.1, 0.15) is 16.8 Å². The Hall–Kier alpha value is -2.28. The van der Waals surface area contributed by atoms with E-state index in [1.807, 2.05) is 37.4 Å². The molecular weight excluding hydrogens is 336 g/mol. The van der Waals surface area contributed by atoms with Gasteiger partial charge in [0.05, 0.1) is 18.7 Å². The molecule has 0 aliphatic rings. The highest BCUT2D eigenvalue weighted by molar-refractivity contribution is 7.11. The van der Waals surface area contributed by atoms with E-state index in [-0.39, 0.29) is 6.10 Å². The summed E-state index contributed by atoms with van der Waals surface area (Å²) in [7, 11) is 3.41. The molecule has 0 amide bonds. The van der Waals surface area contributed by atoms with Gasteiger partial charge in [-0.15, -0.1) is 11.3 Å². The zero-order chi connectivity index (χ0) is 18.1. The first-order valence-corrected chi connectivity index (χ1v) is 9.09. The number of nitrogens with one attached hydrogen (secondary N) is 2. The zero-order valence-electron chi connectivity index (χ0n) is 15.2. The molecule has 25 heavy (non-hydrogen) atoms. The molecule has 1 unspecified atom stereocenters. The van der Waals surface area contributed by atoms with Crippen molar-refractivity contribution < 1.29 is 9.47 Å². The van der Waals surface area contributed by atoms with Gasteiger partial charge in [-0.25, -0.2) is 4.98 Å². The highest BCUT2D eigenvalue weighted by Gasteiger charge is 2.06. The molecular formula is C18H26N4O2S. The number of rotatable bonds is 8. The van der Waals surface area contributed by atoms with Gasteiger partial charge in [0.25, 0.3) is 0 Å². The van der Waals surface area contributed by atoms with Gasteiger partial charge in [0, 0.05) is 31.1 Å². The molecule has 136 valence electrons. The fraction of sp³-hybridized carbons (Fsp3) is 0.444. The lowest BCUT2D eigenvalue weighted by Gasteiger charge is -2.17. The lowest BCUT2D eigenvalue weighted by Crippen LogP contribution is -2.42. The molecule has 1 aromatic heterocycles. The van der Waals surface area contributed by atoms with Crippen LogP contribution in [0.3, 0.4) is 0 Å². The van der Waals surface area contributed by atoms with E-state index in [1.165, 1.54) is 4.88 Å². The van der Waals surface area contributed by atoms with Crippen LogP contribution >= 0.6 is 11.3 Å². The zero-order valence-corrected chi connectivity index (χ0v) is 16.0. The van der Waals surface area contributed by atoms with Crippen LogP contribution in [0.5, 0.6) is 11.5 Å². The third-order valence-electron chi connectivity index (χ3n) is 3.48. The van der Waals surface area contributed by atoms with Crippen molar-refractivity contribution in [1.29, 1.82) is 0 Å². The molecule has 6 nitrogen and oxygen atoms in total. The minimum absolute atomic E-state index is 0.00792. The SMILES string of the molecule is CN=C(NCCc1ncc(C)s1)NCC(C)Oc1ccc(OC)cc1. The third-order valence-corrected chi connectivity index (χ3v) is 4.45. The van der Waals surface area contributed by atoms with Crippen molar-refractivity contribution in [1.82, 2.24) is 15.6 Å². The van der Waals surface area contributed by atoms with E-state index in [2.05, 4.69) is 27.5 Å². The average molecular weight is 362 g/mol. The number of guanidine groups is 1. The van der Waals surface area contributed by atoms with Gasteiger partial charge in [0.2, 0.25) is 0 Å². The summed E-state index contributed by atoms with van der Waals surface area (Å²) in [6.07, 6.45) is 2.80. The van der Waals surface area contributed by atoms with Gasteiger partial charge in [0.1, 0.15) is 17.6 Å². The summed E-state index contributed by atoms with van der Waals surface area (Å²) < 4.78 is 11.0. The molecule has 0 aliphatic carbocycles. The third kappa shape index (κ3) is 6.62. The maximum atomic E-state index is 5.88. The van der Waals surface area contributed by atoms with Crippen LogP contribution in [0.25, 0.3) is 0 Å². The summed E-state index contributed by atoms with van der Waals surface area (Å²) in [5, 5.41) is 7.71. The molecule has 0 saturated carbocycles. The molecule has 2 N–H and O–H groups in total. The molecule has 7 heteroatoms. The number of nitrogens with zero attached hydrogens (tertiary/aromatic N) is 2. The molecule has 0 fully saturated rings. The number of aromatic nitrogens is 1. The average Bonchev–Trinajstić information content (AvgIpc) is 3.03. The predicted molar refractivity (Wildman–Crippen MR) is 103 cm³/mol. The summed E-state index contributed by atoms with van der Waals surface area (Å²) >= 11 is 1.73. The van der Waals surface area contributed by atoms with E-state index >= 15 is 0 Å². The van der Waals surface area contributed by atoms with Gasteiger partial charge in [-0.3, -0.25) is 4.99 Å². The minimum atomic E-state index is 0.00792. The first-order chi connectivity index (χ1) is 12.1. The fourth-order valence-corrected chi connectivity index (χ4v) is 2.98. The largest absolute Gasteiger partial charge is 0.497 e. The normalized spacial score (nSPS) is 12.6. The molecule has 2 rings (SSSR count). The van der Waals surface area contributed by atoms with Crippen LogP contribution in [0, 0.1) is 6.92 Å². The Balaban J connectivity index is 1.69. The maximum Gasteiger partial charge on any atom is 0.191 e. The van der Waals surface area contributed by atoms with Crippen molar-refractivity contribution >= 4 is 17.3 Å². The van der Waals surface area contributed by atoms with Gasteiger partial charge >= 0.3 is 0 Å². The Morgan fingerprint density at radius 3 is 2.56 bits per heavy atom. The van der Waals surface area contributed by atoms with E-state index in [4.69, 9.17) is 9.47 Å². The van der Waals surface area contributed by atoms with Crippen LogP contribution in [-0.4, -0.2) is 44.3 Å². The smallest absolute Gasteiger partial charge is 0.191 e. The van der Waals surface area contributed by atoms with Gasteiger partial charge in [-0.05, 0) is 38.1 Å². The van der Waals surface area contributed by atoms with Crippen LogP contribution < -0.4 is 20.1 Å². The molecule has 1 aromatic carbocycles.